The van der Waals surface area contributed by atoms with Crippen LogP contribution in [0.15, 0.2) is 24.3 Å². The van der Waals surface area contributed by atoms with Crippen LogP contribution in [0, 0.1) is 0 Å². The Morgan fingerprint density at radius 1 is 1.20 bits per heavy atom. The maximum Gasteiger partial charge on any atom is 0.383 e. The molecule has 0 fully saturated rings. The maximum absolute atomic E-state index is 12.8. The van der Waals surface area contributed by atoms with Gasteiger partial charge >= 0.3 is 18.3 Å². The first kappa shape index (κ1) is 16.3. The summed E-state index contributed by atoms with van der Waals surface area (Å²) in [6.07, 6.45) is -4.03. The number of nitrogens with one attached hydrogen (secondary N) is 1. The van der Waals surface area contributed by atoms with Crippen LogP contribution in [0.4, 0.5) is 28.9 Å². The third kappa shape index (κ3) is 3.61. The van der Waals surface area contributed by atoms with Gasteiger partial charge in [-0.05, 0) is 38.1 Å². The monoisotopic (exact) mass is 292 g/mol. The summed E-state index contributed by atoms with van der Waals surface area (Å²) < 4.78 is 49.6. The van der Waals surface area contributed by atoms with Gasteiger partial charge in [0.2, 0.25) is 0 Å². The fourth-order valence-corrected chi connectivity index (χ4v) is 1.66. The molecule has 112 valence electrons. The lowest BCUT2D eigenvalue weighted by molar-refractivity contribution is -0.163. The Kier molecular flexibility index (Phi) is 5.35. The first-order valence-electron chi connectivity index (χ1n) is 6.15. The summed E-state index contributed by atoms with van der Waals surface area (Å²) in [6.45, 7) is 5.46. The predicted molar refractivity (Wildman–Crippen MR) is 69.6 cm³/mol. The second kappa shape index (κ2) is 6.58. The molecule has 0 unspecified atom stereocenters. The van der Waals surface area contributed by atoms with Crippen LogP contribution in [-0.4, -0.2) is 31.3 Å². The van der Waals surface area contributed by atoms with Crippen LogP contribution in [0.25, 0.3) is 0 Å². The molecule has 0 aliphatic heterocycles. The van der Waals surface area contributed by atoms with Crippen LogP contribution in [-0.2, 0) is 4.79 Å². The summed E-state index contributed by atoms with van der Waals surface area (Å²) in [7, 11) is 0. The third-order valence-corrected chi connectivity index (χ3v) is 2.83. The molecule has 0 aliphatic carbocycles. The molecule has 0 bridgehead atoms. The van der Waals surface area contributed by atoms with Crippen molar-refractivity contribution in [1.29, 1.82) is 0 Å². The molecule has 0 aromatic heterocycles. The molecule has 1 aromatic carbocycles. The predicted octanol–water partition coefficient (Wildman–Crippen LogP) is 3.37. The standard InChI is InChI=1S/C13H16F4N2O/c1-3-19(4-2)10-7-5-9(6-8-10)18-12(20)13(16,17)11(14)15/h5-8,11H,3-4H2,1-2H3,(H,18,20). The van der Waals surface area contributed by atoms with Gasteiger partial charge in [0.05, 0.1) is 0 Å². The van der Waals surface area contributed by atoms with Crippen molar-refractivity contribution in [2.24, 2.45) is 0 Å². The fourth-order valence-electron chi connectivity index (χ4n) is 1.66. The summed E-state index contributed by atoms with van der Waals surface area (Å²) in [6, 6.07) is 6.05. The smallest absolute Gasteiger partial charge is 0.372 e. The number of carbonyl (C=O) groups excluding carboxylic acids is 1. The first-order valence-corrected chi connectivity index (χ1v) is 6.15. The van der Waals surface area contributed by atoms with Gasteiger partial charge in [0, 0.05) is 24.5 Å². The van der Waals surface area contributed by atoms with Gasteiger partial charge in [0.25, 0.3) is 0 Å². The van der Waals surface area contributed by atoms with Crippen molar-refractivity contribution in [3.63, 3.8) is 0 Å². The van der Waals surface area contributed by atoms with E-state index in [0.29, 0.717) is 0 Å². The van der Waals surface area contributed by atoms with E-state index in [1.807, 2.05) is 18.7 Å². The molecule has 3 nitrogen and oxygen atoms in total. The zero-order valence-electron chi connectivity index (χ0n) is 11.2. The second-order valence-corrected chi connectivity index (χ2v) is 4.10. The minimum absolute atomic E-state index is 0.0474. The second-order valence-electron chi connectivity index (χ2n) is 4.10. The highest BCUT2D eigenvalue weighted by atomic mass is 19.3. The van der Waals surface area contributed by atoms with Crippen molar-refractivity contribution in [1.82, 2.24) is 0 Å². The number of halogens is 4. The largest absolute Gasteiger partial charge is 0.383 e. The Morgan fingerprint density at radius 2 is 1.70 bits per heavy atom. The normalized spacial score (nSPS) is 11.6. The molecule has 0 aliphatic rings. The molecular weight excluding hydrogens is 276 g/mol. The maximum atomic E-state index is 12.8. The van der Waals surface area contributed by atoms with Gasteiger partial charge in [-0.2, -0.15) is 8.78 Å². The number of rotatable bonds is 6. The summed E-state index contributed by atoms with van der Waals surface area (Å²) >= 11 is 0. The molecule has 7 heteroatoms. The number of carbonyl (C=O) groups is 1. The van der Waals surface area contributed by atoms with Crippen molar-refractivity contribution in [3.8, 4) is 0 Å². The van der Waals surface area contributed by atoms with Gasteiger partial charge in [-0.3, -0.25) is 4.79 Å². The topological polar surface area (TPSA) is 32.3 Å². The highest BCUT2D eigenvalue weighted by Gasteiger charge is 2.48. The molecule has 0 saturated carbocycles. The van der Waals surface area contributed by atoms with E-state index >= 15 is 0 Å². The van der Waals surface area contributed by atoms with E-state index in [-0.39, 0.29) is 5.69 Å². The molecule has 20 heavy (non-hydrogen) atoms. The van der Waals surface area contributed by atoms with E-state index in [4.69, 9.17) is 0 Å². The summed E-state index contributed by atoms with van der Waals surface area (Å²) in [5, 5.41) is 1.78. The highest BCUT2D eigenvalue weighted by Crippen LogP contribution is 2.25. The Bertz CT molecular complexity index is 444. The van der Waals surface area contributed by atoms with E-state index < -0.39 is 18.3 Å². The minimum atomic E-state index is -4.70. The fraction of sp³-hybridized carbons (Fsp3) is 0.462. The van der Waals surface area contributed by atoms with E-state index in [1.165, 1.54) is 12.1 Å². The quantitative estimate of drug-likeness (QED) is 0.815. The molecule has 0 heterocycles. The Balaban J connectivity index is 2.78. The minimum Gasteiger partial charge on any atom is -0.372 e. The van der Waals surface area contributed by atoms with Crippen molar-refractivity contribution in [2.45, 2.75) is 26.2 Å². The molecule has 1 aromatic rings. The van der Waals surface area contributed by atoms with Gasteiger partial charge in [-0.25, -0.2) is 8.78 Å². The van der Waals surface area contributed by atoms with Gasteiger partial charge < -0.3 is 10.2 Å². The molecule has 1 amide bonds. The van der Waals surface area contributed by atoms with E-state index in [2.05, 4.69) is 0 Å². The summed E-state index contributed by atoms with van der Waals surface area (Å²) in [5.74, 6) is -6.71. The Morgan fingerprint density at radius 3 is 2.10 bits per heavy atom. The average Bonchev–Trinajstić information content (AvgIpc) is 2.41. The van der Waals surface area contributed by atoms with Crippen LogP contribution < -0.4 is 10.2 Å². The molecule has 1 rings (SSSR count). The van der Waals surface area contributed by atoms with Crippen molar-refractivity contribution < 1.29 is 22.4 Å². The molecule has 1 N–H and O–H groups in total. The molecular formula is C13H16F4N2O. The summed E-state index contributed by atoms with van der Waals surface area (Å²) in [4.78, 5) is 13.1. The van der Waals surface area contributed by atoms with E-state index in [0.717, 1.165) is 18.8 Å². The lowest BCUT2D eigenvalue weighted by atomic mass is 10.2. The molecule has 0 spiro atoms. The number of hydrogen-bond acceptors (Lipinski definition) is 2. The van der Waals surface area contributed by atoms with Crippen molar-refractivity contribution >= 4 is 17.3 Å². The zero-order chi connectivity index (χ0) is 15.3. The van der Waals surface area contributed by atoms with Crippen LogP contribution in [0.2, 0.25) is 0 Å². The number of benzene rings is 1. The average molecular weight is 292 g/mol. The number of nitrogens with zero attached hydrogens (tertiary/aromatic N) is 1. The Labute approximate surface area is 114 Å². The van der Waals surface area contributed by atoms with Crippen molar-refractivity contribution in [3.05, 3.63) is 24.3 Å². The first-order chi connectivity index (χ1) is 9.32. The number of hydrogen-bond donors (Lipinski definition) is 1. The van der Waals surface area contributed by atoms with Gasteiger partial charge in [0.15, 0.2) is 0 Å². The van der Waals surface area contributed by atoms with Crippen LogP contribution >= 0.6 is 0 Å². The van der Waals surface area contributed by atoms with Gasteiger partial charge in [-0.1, -0.05) is 0 Å². The SMILES string of the molecule is CCN(CC)c1ccc(NC(=O)C(F)(F)C(F)F)cc1. The van der Waals surface area contributed by atoms with Crippen LogP contribution in [0.5, 0.6) is 0 Å². The number of anilines is 2. The van der Waals surface area contributed by atoms with E-state index in [1.54, 1.807) is 17.4 Å². The number of amides is 1. The molecule has 0 radical (unpaired) electrons. The van der Waals surface area contributed by atoms with Crippen LogP contribution in [0.1, 0.15) is 13.8 Å². The van der Waals surface area contributed by atoms with Crippen molar-refractivity contribution in [2.75, 3.05) is 23.3 Å². The van der Waals surface area contributed by atoms with Crippen LogP contribution in [0.3, 0.4) is 0 Å². The molecule has 0 atom stereocenters. The summed E-state index contributed by atoms with van der Waals surface area (Å²) in [5.41, 5.74) is 0.903. The highest BCUT2D eigenvalue weighted by molar-refractivity contribution is 5.96. The third-order valence-electron chi connectivity index (χ3n) is 2.83. The zero-order valence-corrected chi connectivity index (χ0v) is 11.2. The Hall–Kier alpha value is -1.79. The van der Waals surface area contributed by atoms with Gasteiger partial charge in [-0.15, -0.1) is 0 Å². The number of alkyl halides is 4. The lowest BCUT2D eigenvalue weighted by Gasteiger charge is -2.21. The van der Waals surface area contributed by atoms with Gasteiger partial charge in [0.1, 0.15) is 0 Å². The molecule has 0 saturated heterocycles. The lowest BCUT2D eigenvalue weighted by Crippen LogP contribution is -2.40. The van der Waals surface area contributed by atoms with E-state index in [9.17, 15) is 22.4 Å².